The SMILES string of the molecule is CCCNC(Cc1cc(Cl)ccc1F)c1cccnc1. The fraction of sp³-hybridized carbons (Fsp3) is 0.312. The number of hydrogen-bond acceptors (Lipinski definition) is 2. The fourth-order valence-electron chi connectivity index (χ4n) is 2.13. The number of pyridine rings is 1. The van der Waals surface area contributed by atoms with Gasteiger partial charge in [0.2, 0.25) is 0 Å². The van der Waals surface area contributed by atoms with Crippen LogP contribution in [0, 0.1) is 5.82 Å². The van der Waals surface area contributed by atoms with Gasteiger partial charge in [0, 0.05) is 23.5 Å². The molecule has 2 nitrogen and oxygen atoms in total. The van der Waals surface area contributed by atoms with Crippen LogP contribution in [0.4, 0.5) is 4.39 Å². The van der Waals surface area contributed by atoms with Gasteiger partial charge in [0.05, 0.1) is 0 Å². The summed E-state index contributed by atoms with van der Waals surface area (Å²) in [6.07, 6.45) is 5.13. The van der Waals surface area contributed by atoms with Crippen LogP contribution < -0.4 is 5.32 Å². The Bertz CT molecular complexity index is 545. The third-order valence-electron chi connectivity index (χ3n) is 3.16. The number of halogens is 2. The number of rotatable bonds is 6. The van der Waals surface area contributed by atoms with E-state index in [4.69, 9.17) is 11.6 Å². The summed E-state index contributed by atoms with van der Waals surface area (Å²) in [5.74, 6) is -0.221. The largest absolute Gasteiger partial charge is 0.310 e. The van der Waals surface area contributed by atoms with Crippen LogP contribution in [-0.2, 0) is 6.42 Å². The topological polar surface area (TPSA) is 24.9 Å². The summed E-state index contributed by atoms with van der Waals surface area (Å²) in [5.41, 5.74) is 1.68. The van der Waals surface area contributed by atoms with E-state index in [0.29, 0.717) is 17.0 Å². The fourth-order valence-corrected chi connectivity index (χ4v) is 2.32. The van der Waals surface area contributed by atoms with Crippen LogP contribution in [0.3, 0.4) is 0 Å². The van der Waals surface area contributed by atoms with E-state index in [1.54, 1.807) is 18.3 Å². The Morgan fingerprint density at radius 1 is 1.35 bits per heavy atom. The van der Waals surface area contributed by atoms with Crippen LogP contribution in [0.5, 0.6) is 0 Å². The van der Waals surface area contributed by atoms with Crippen molar-refractivity contribution < 1.29 is 4.39 Å². The summed E-state index contributed by atoms with van der Waals surface area (Å²) >= 11 is 5.95. The van der Waals surface area contributed by atoms with E-state index in [1.165, 1.54) is 6.07 Å². The van der Waals surface area contributed by atoms with Gasteiger partial charge in [0.25, 0.3) is 0 Å². The second kappa shape index (κ2) is 7.36. The zero-order chi connectivity index (χ0) is 14.4. The molecule has 0 amide bonds. The normalized spacial score (nSPS) is 12.3. The van der Waals surface area contributed by atoms with Crippen molar-refractivity contribution in [2.24, 2.45) is 0 Å². The van der Waals surface area contributed by atoms with Crippen LogP contribution in [0.2, 0.25) is 5.02 Å². The van der Waals surface area contributed by atoms with E-state index in [0.717, 1.165) is 18.5 Å². The van der Waals surface area contributed by atoms with Crippen LogP contribution in [0.1, 0.15) is 30.5 Å². The van der Waals surface area contributed by atoms with E-state index in [1.807, 2.05) is 18.3 Å². The first-order chi connectivity index (χ1) is 9.70. The van der Waals surface area contributed by atoms with Crippen molar-refractivity contribution in [1.29, 1.82) is 0 Å². The highest BCUT2D eigenvalue weighted by Gasteiger charge is 2.14. The Kier molecular flexibility index (Phi) is 5.50. The molecule has 0 fully saturated rings. The van der Waals surface area contributed by atoms with E-state index >= 15 is 0 Å². The molecule has 2 rings (SSSR count). The Hall–Kier alpha value is -1.45. The van der Waals surface area contributed by atoms with Crippen molar-refractivity contribution in [3.05, 3.63) is 64.7 Å². The molecule has 0 spiro atoms. The lowest BCUT2D eigenvalue weighted by molar-refractivity contribution is 0.512. The lowest BCUT2D eigenvalue weighted by Crippen LogP contribution is -2.24. The molecule has 0 saturated carbocycles. The molecule has 1 N–H and O–H groups in total. The number of benzene rings is 1. The van der Waals surface area contributed by atoms with Gasteiger partial charge in [0.1, 0.15) is 5.82 Å². The zero-order valence-corrected chi connectivity index (χ0v) is 12.2. The molecule has 4 heteroatoms. The Labute approximate surface area is 124 Å². The maximum Gasteiger partial charge on any atom is 0.126 e. The first-order valence-corrected chi connectivity index (χ1v) is 7.15. The van der Waals surface area contributed by atoms with Gasteiger partial charge in [-0.1, -0.05) is 24.6 Å². The predicted octanol–water partition coefficient (Wildman–Crippen LogP) is 4.16. The van der Waals surface area contributed by atoms with Crippen LogP contribution in [-0.4, -0.2) is 11.5 Å². The van der Waals surface area contributed by atoms with E-state index < -0.39 is 0 Å². The molecule has 1 heterocycles. The van der Waals surface area contributed by atoms with E-state index in [-0.39, 0.29) is 11.9 Å². The maximum absolute atomic E-state index is 13.9. The molecule has 106 valence electrons. The lowest BCUT2D eigenvalue weighted by Gasteiger charge is -2.19. The van der Waals surface area contributed by atoms with Gasteiger partial charge in [-0.2, -0.15) is 0 Å². The van der Waals surface area contributed by atoms with Crippen LogP contribution in [0.25, 0.3) is 0 Å². The number of nitrogens with zero attached hydrogens (tertiary/aromatic N) is 1. The monoisotopic (exact) mass is 292 g/mol. The highest BCUT2D eigenvalue weighted by atomic mass is 35.5. The average molecular weight is 293 g/mol. The quantitative estimate of drug-likeness (QED) is 0.865. The lowest BCUT2D eigenvalue weighted by atomic mass is 9.99. The Balaban J connectivity index is 2.21. The van der Waals surface area contributed by atoms with Crippen LogP contribution in [0.15, 0.2) is 42.7 Å². The molecule has 0 aliphatic rings. The molecule has 1 aromatic carbocycles. The van der Waals surface area contributed by atoms with Crippen molar-refractivity contribution in [3.8, 4) is 0 Å². The van der Waals surface area contributed by atoms with Gasteiger partial charge in [-0.3, -0.25) is 4.98 Å². The van der Waals surface area contributed by atoms with Gasteiger partial charge in [0.15, 0.2) is 0 Å². The molecule has 0 saturated heterocycles. The first-order valence-electron chi connectivity index (χ1n) is 6.78. The number of nitrogens with one attached hydrogen (secondary N) is 1. The molecule has 20 heavy (non-hydrogen) atoms. The third kappa shape index (κ3) is 4.02. The molecule has 0 radical (unpaired) electrons. The minimum atomic E-state index is -0.221. The second-order valence-electron chi connectivity index (χ2n) is 4.73. The molecule has 1 unspecified atom stereocenters. The van der Waals surface area contributed by atoms with Crippen LogP contribution >= 0.6 is 11.6 Å². The zero-order valence-electron chi connectivity index (χ0n) is 11.4. The van der Waals surface area contributed by atoms with Gasteiger partial charge < -0.3 is 5.32 Å². The van der Waals surface area contributed by atoms with Crippen molar-refractivity contribution in [2.75, 3.05) is 6.54 Å². The van der Waals surface area contributed by atoms with Gasteiger partial charge >= 0.3 is 0 Å². The molecule has 0 aliphatic heterocycles. The van der Waals surface area contributed by atoms with Gasteiger partial charge in [-0.25, -0.2) is 4.39 Å². The second-order valence-corrected chi connectivity index (χ2v) is 5.17. The molecule has 0 aliphatic carbocycles. The Morgan fingerprint density at radius 3 is 2.90 bits per heavy atom. The minimum Gasteiger partial charge on any atom is -0.310 e. The average Bonchev–Trinajstić information content (AvgIpc) is 2.48. The van der Waals surface area contributed by atoms with Crippen molar-refractivity contribution in [2.45, 2.75) is 25.8 Å². The third-order valence-corrected chi connectivity index (χ3v) is 3.39. The van der Waals surface area contributed by atoms with E-state index in [9.17, 15) is 4.39 Å². The minimum absolute atomic E-state index is 0.0385. The van der Waals surface area contributed by atoms with Crippen molar-refractivity contribution in [3.63, 3.8) is 0 Å². The predicted molar refractivity (Wildman–Crippen MR) is 80.4 cm³/mol. The Morgan fingerprint density at radius 2 is 2.20 bits per heavy atom. The summed E-state index contributed by atoms with van der Waals surface area (Å²) < 4.78 is 13.9. The molecular weight excluding hydrogens is 275 g/mol. The smallest absolute Gasteiger partial charge is 0.126 e. The highest BCUT2D eigenvalue weighted by Crippen LogP contribution is 2.22. The number of aromatic nitrogens is 1. The molecule has 1 atom stereocenters. The molecular formula is C16H18ClFN2. The summed E-state index contributed by atoms with van der Waals surface area (Å²) in [4.78, 5) is 4.14. The summed E-state index contributed by atoms with van der Waals surface area (Å²) in [7, 11) is 0. The summed E-state index contributed by atoms with van der Waals surface area (Å²) in [6, 6.07) is 8.61. The summed E-state index contributed by atoms with van der Waals surface area (Å²) in [6.45, 7) is 2.98. The van der Waals surface area contributed by atoms with E-state index in [2.05, 4.69) is 17.2 Å². The maximum atomic E-state index is 13.9. The summed E-state index contributed by atoms with van der Waals surface area (Å²) in [5, 5.41) is 3.99. The van der Waals surface area contributed by atoms with Crippen molar-refractivity contribution >= 4 is 11.6 Å². The van der Waals surface area contributed by atoms with Gasteiger partial charge in [-0.05, 0) is 54.8 Å². The number of hydrogen-bond donors (Lipinski definition) is 1. The highest BCUT2D eigenvalue weighted by molar-refractivity contribution is 6.30. The first kappa shape index (κ1) is 14.9. The molecule has 1 aromatic heterocycles. The van der Waals surface area contributed by atoms with Gasteiger partial charge in [-0.15, -0.1) is 0 Å². The standard InChI is InChI=1S/C16H18ClFN2/c1-2-7-20-16(12-4-3-8-19-11-12)10-13-9-14(17)5-6-15(13)18/h3-6,8-9,11,16,20H,2,7,10H2,1H3. The molecule has 2 aromatic rings. The van der Waals surface area contributed by atoms with Crippen molar-refractivity contribution in [1.82, 2.24) is 10.3 Å². The molecule has 0 bridgehead atoms.